The van der Waals surface area contributed by atoms with E-state index in [1.807, 2.05) is 55.5 Å². The molecule has 4 aromatic rings. The average molecular weight is 528 g/mol. The van der Waals surface area contributed by atoms with Crippen molar-refractivity contribution in [3.05, 3.63) is 83.6 Å². The zero-order chi connectivity index (χ0) is 27.5. The maximum Gasteiger partial charge on any atom is 0.255 e. The van der Waals surface area contributed by atoms with Gasteiger partial charge in [0.15, 0.2) is 17.3 Å². The van der Waals surface area contributed by atoms with Crippen LogP contribution in [0.25, 0.3) is 11.4 Å². The SMILES string of the molecule is COc1cccc(C2C(C(=O)Nc3ccccc3OC)=C(C)Nc3nc(-c4ccc(OC)c(OC)c4)nn32)c1. The van der Waals surface area contributed by atoms with E-state index in [1.54, 1.807) is 51.3 Å². The standard InChI is InChI=1S/C29H29N5O5/c1-17-25(28(35)31-21-11-6-7-12-22(21)37-3)26(18-9-8-10-20(15-18)36-2)34-29(30-17)32-27(33-34)19-13-14-23(38-4)24(16-19)39-5/h6-16,26H,1-5H3,(H,31,35)(H,30,32,33). The van der Waals surface area contributed by atoms with Gasteiger partial charge in [-0.05, 0) is 55.0 Å². The highest BCUT2D eigenvalue weighted by Crippen LogP contribution is 2.39. The van der Waals surface area contributed by atoms with Crippen molar-refractivity contribution < 1.29 is 23.7 Å². The van der Waals surface area contributed by atoms with E-state index in [0.717, 1.165) is 11.1 Å². The van der Waals surface area contributed by atoms with Crippen molar-refractivity contribution in [2.45, 2.75) is 13.0 Å². The molecule has 1 unspecified atom stereocenters. The quantitative estimate of drug-likeness (QED) is 0.333. The predicted molar refractivity (Wildman–Crippen MR) is 148 cm³/mol. The predicted octanol–water partition coefficient (Wildman–Crippen LogP) is 4.91. The van der Waals surface area contributed by atoms with Gasteiger partial charge in [-0.25, -0.2) is 4.68 Å². The first-order valence-corrected chi connectivity index (χ1v) is 12.2. The lowest BCUT2D eigenvalue weighted by molar-refractivity contribution is -0.113. The Labute approximate surface area is 226 Å². The van der Waals surface area contributed by atoms with Crippen LogP contribution >= 0.6 is 0 Å². The number of methoxy groups -OCH3 is 4. The largest absolute Gasteiger partial charge is 0.497 e. The van der Waals surface area contributed by atoms with Crippen molar-refractivity contribution in [2.24, 2.45) is 0 Å². The van der Waals surface area contributed by atoms with E-state index in [4.69, 9.17) is 29.0 Å². The number of nitrogens with one attached hydrogen (secondary N) is 2. The fourth-order valence-electron chi connectivity index (χ4n) is 4.60. The Bertz CT molecular complexity index is 1560. The number of amides is 1. The van der Waals surface area contributed by atoms with Crippen molar-refractivity contribution >= 4 is 17.5 Å². The number of rotatable bonds is 8. The van der Waals surface area contributed by atoms with E-state index in [2.05, 4.69) is 10.6 Å². The second-order valence-electron chi connectivity index (χ2n) is 8.77. The third kappa shape index (κ3) is 4.84. The van der Waals surface area contributed by atoms with Gasteiger partial charge in [0.05, 0.1) is 39.7 Å². The Kier molecular flexibility index (Phi) is 7.09. The molecule has 0 saturated heterocycles. The number of carbonyl (C=O) groups excluding carboxylic acids is 1. The van der Waals surface area contributed by atoms with Crippen molar-refractivity contribution in [1.29, 1.82) is 0 Å². The molecule has 1 aromatic heterocycles. The van der Waals surface area contributed by atoms with Gasteiger partial charge >= 0.3 is 0 Å². The van der Waals surface area contributed by atoms with Crippen molar-refractivity contribution in [1.82, 2.24) is 14.8 Å². The van der Waals surface area contributed by atoms with Crippen molar-refractivity contribution in [3.63, 3.8) is 0 Å². The minimum absolute atomic E-state index is 0.300. The van der Waals surface area contributed by atoms with Gasteiger partial charge in [-0.1, -0.05) is 24.3 Å². The number of hydrogen-bond acceptors (Lipinski definition) is 8. The highest BCUT2D eigenvalue weighted by molar-refractivity contribution is 6.06. The summed E-state index contributed by atoms with van der Waals surface area (Å²) in [6.07, 6.45) is 0. The van der Waals surface area contributed by atoms with Gasteiger partial charge in [0.25, 0.3) is 5.91 Å². The third-order valence-electron chi connectivity index (χ3n) is 6.50. The van der Waals surface area contributed by atoms with E-state index in [0.29, 0.717) is 51.7 Å². The molecule has 1 atom stereocenters. The zero-order valence-electron chi connectivity index (χ0n) is 22.3. The van der Waals surface area contributed by atoms with Gasteiger partial charge in [0.1, 0.15) is 17.5 Å². The lowest BCUT2D eigenvalue weighted by Crippen LogP contribution is -2.31. The number of para-hydroxylation sites is 2. The Morgan fingerprint density at radius 3 is 2.38 bits per heavy atom. The van der Waals surface area contributed by atoms with E-state index in [1.165, 1.54) is 0 Å². The van der Waals surface area contributed by atoms with Crippen LogP contribution in [-0.4, -0.2) is 49.1 Å². The summed E-state index contributed by atoms with van der Waals surface area (Å²) in [7, 11) is 6.33. The van der Waals surface area contributed by atoms with Crippen molar-refractivity contribution in [3.8, 4) is 34.4 Å². The summed E-state index contributed by atoms with van der Waals surface area (Å²) in [4.78, 5) is 18.6. The van der Waals surface area contributed by atoms with Gasteiger partial charge in [0, 0.05) is 11.3 Å². The van der Waals surface area contributed by atoms with E-state index >= 15 is 0 Å². The number of allylic oxidation sites excluding steroid dienone is 1. The number of ether oxygens (including phenoxy) is 4. The summed E-state index contributed by atoms with van der Waals surface area (Å²) >= 11 is 0. The fraction of sp³-hybridized carbons (Fsp3) is 0.207. The van der Waals surface area contributed by atoms with Crippen LogP contribution < -0.4 is 29.6 Å². The molecule has 2 heterocycles. The molecule has 0 aliphatic carbocycles. The van der Waals surface area contributed by atoms with Crippen molar-refractivity contribution in [2.75, 3.05) is 39.1 Å². The minimum Gasteiger partial charge on any atom is -0.497 e. The van der Waals surface area contributed by atoms with Crippen LogP contribution in [-0.2, 0) is 4.79 Å². The van der Waals surface area contributed by atoms with Gasteiger partial charge in [-0.15, -0.1) is 5.10 Å². The number of aromatic nitrogens is 3. The number of fused-ring (bicyclic) bond motifs is 1. The molecule has 0 radical (unpaired) electrons. The molecule has 0 bridgehead atoms. The first-order valence-electron chi connectivity index (χ1n) is 12.2. The number of carbonyl (C=O) groups is 1. The second-order valence-corrected chi connectivity index (χ2v) is 8.77. The molecule has 0 fully saturated rings. The number of benzene rings is 3. The molecule has 200 valence electrons. The molecule has 0 spiro atoms. The van der Waals surface area contributed by atoms with E-state index < -0.39 is 6.04 Å². The molecule has 1 aliphatic heterocycles. The Hall–Kier alpha value is -4.99. The summed E-state index contributed by atoms with van der Waals surface area (Å²) in [5, 5.41) is 11.1. The van der Waals surface area contributed by atoms with Crippen LogP contribution in [0.2, 0.25) is 0 Å². The first-order chi connectivity index (χ1) is 19.0. The lowest BCUT2D eigenvalue weighted by atomic mass is 9.95. The van der Waals surface area contributed by atoms with Crippen LogP contribution in [0.15, 0.2) is 78.0 Å². The van der Waals surface area contributed by atoms with Gasteiger partial charge in [-0.2, -0.15) is 4.98 Å². The fourth-order valence-corrected chi connectivity index (χ4v) is 4.60. The molecule has 3 aromatic carbocycles. The van der Waals surface area contributed by atoms with E-state index in [9.17, 15) is 4.79 Å². The topological polar surface area (TPSA) is 109 Å². The van der Waals surface area contributed by atoms with Crippen LogP contribution in [0.1, 0.15) is 18.5 Å². The molecule has 5 rings (SSSR count). The highest BCUT2D eigenvalue weighted by atomic mass is 16.5. The molecule has 1 amide bonds. The molecule has 0 saturated carbocycles. The lowest BCUT2D eigenvalue weighted by Gasteiger charge is -2.29. The van der Waals surface area contributed by atoms with Crippen LogP contribution in [0.3, 0.4) is 0 Å². The summed E-state index contributed by atoms with van der Waals surface area (Å²) < 4.78 is 23.5. The number of hydrogen-bond donors (Lipinski definition) is 2. The molecular weight excluding hydrogens is 498 g/mol. The molecule has 39 heavy (non-hydrogen) atoms. The average Bonchev–Trinajstić information content (AvgIpc) is 3.39. The van der Waals surface area contributed by atoms with Gasteiger partial charge in [0.2, 0.25) is 5.95 Å². The molecule has 10 nitrogen and oxygen atoms in total. The highest BCUT2D eigenvalue weighted by Gasteiger charge is 2.35. The normalized spacial score (nSPS) is 14.2. The summed E-state index contributed by atoms with van der Waals surface area (Å²) in [6, 6.07) is 19.7. The Morgan fingerprint density at radius 1 is 0.872 bits per heavy atom. The molecule has 2 N–H and O–H groups in total. The minimum atomic E-state index is -0.590. The van der Waals surface area contributed by atoms with Gasteiger partial charge in [-0.3, -0.25) is 4.79 Å². The molecule has 10 heteroatoms. The number of anilines is 2. The second kappa shape index (κ2) is 10.8. The van der Waals surface area contributed by atoms with Crippen LogP contribution in [0.5, 0.6) is 23.0 Å². The van der Waals surface area contributed by atoms with Crippen LogP contribution in [0.4, 0.5) is 11.6 Å². The van der Waals surface area contributed by atoms with E-state index in [-0.39, 0.29) is 5.91 Å². The molecule has 1 aliphatic rings. The maximum atomic E-state index is 13.8. The Morgan fingerprint density at radius 2 is 1.64 bits per heavy atom. The number of nitrogens with zero attached hydrogens (tertiary/aromatic N) is 3. The third-order valence-corrected chi connectivity index (χ3v) is 6.50. The Balaban J connectivity index is 1.61. The smallest absolute Gasteiger partial charge is 0.255 e. The maximum absolute atomic E-state index is 13.8. The zero-order valence-corrected chi connectivity index (χ0v) is 22.3. The first kappa shape index (κ1) is 25.7. The summed E-state index contributed by atoms with van der Waals surface area (Å²) in [6.45, 7) is 1.85. The summed E-state index contributed by atoms with van der Waals surface area (Å²) in [5.74, 6) is 3.05. The van der Waals surface area contributed by atoms with Gasteiger partial charge < -0.3 is 29.6 Å². The monoisotopic (exact) mass is 527 g/mol. The van der Waals surface area contributed by atoms with Crippen LogP contribution in [0, 0.1) is 0 Å². The molecular formula is C29H29N5O5. The summed E-state index contributed by atoms with van der Waals surface area (Å²) in [5.41, 5.74) is 3.23.